The average Bonchev–Trinajstić information content (AvgIpc) is 3.04. The minimum atomic E-state index is -0.0595. The summed E-state index contributed by atoms with van der Waals surface area (Å²) in [5.74, 6) is 0.919. The van der Waals surface area contributed by atoms with E-state index in [1.165, 1.54) is 5.56 Å². The summed E-state index contributed by atoms with van der Waals surface area (Å²) in [7, 11) is 1.75. The molecule has 0 aliphatic rings. The molecule has 0 spiro atoms. The van der Waals surface area contributed by atoms with Crippen LogP contribution in [0, 0.1) is 0 Å². The van der Waals surface area contributed by atoms with Crippen molar-refractivity contribution in [3.05, 3.63) is 83.9 Å². The highest BCUT2D eigenvalue weighted by atomic mass is 16.3. The zero-order chi connectivity index (χ0) is 17.6. The number of benzene rings is 2. The number of carbonyl (C=O) groups excluding carboxylic acids is 1. The Kier molecular flexibility index (Phi) is 5.14. The number of para-hydroxylation sites is 1. The van der Waals surface area contributed by atoms with Crippen molar-refractivity contribution in [3.63, 3.8) is 0 Å². The maximum atomic E-state index is 12.4. The fourth-order valence-electron chi connectivity index (χ4n) is 2.67. The maximum absolute atomic E-state index is 12.4. The molecule has 2 aromatic carbocycles. The average molecular weight is 335 g/mol. The van der Waals surface area contributed by atoms with Crippen molar-refractivity contribution in [2.24, 2.45) is 0 Å². The van der Waals surface area contributed by atoms with Gasteiger partial charge in [-0.2, -0.15) is 0 Å². The van der Waals surface area contributed by atoms with E-state index in [4.69, 9.17) is 0 Å². The van der Waals surface area contributed by atoms with E-state index in [2.05, 4.69) is 17.1 Å². The van der Waals surface area contributed by atoms with Gasteiger partial charge in [-0.1, -0.05) is 48.5 Å². The molecule has 1 N–H and O–H groups in total. The summed E-state index contributed by atoms with van der Waals surface area (Å²) in [6, 6.07) is 17.0. The van der Waals surface area contributed by atoms with Gasteiger partial charge >= 0.3 is 0 Å². The van der Waals surface area contributed by atoms with Crippen molar-refractivity contribution in [1.29, 1.82) is 0 Å². The second kappa shape index (κ2) is 7.66. The number of aromatic nitrogens is 2. The molecule has 1 amide bonds. The number of hydrogen-bond acceptors (Lipinski definition) is 3. The number of aromatic hydroxyl groups is 1. The Morgan fingerprint density at radius 3 is 2.60 bits per heavy atom. The van der Waals surface area contributed by atoms with Gasteiger partial charge in [0.15, 0.2) is 0 Å². The van der Waals surface area contributed by atoms with Crippen LogP contribution < -0.4 is 0 Å². The van der Waals surface area contributed by atoms with Crippen LogP contribution in [0.4, 0.5) is 0 Å². The number of amides is 1. The largest absolute Gasteiger partial charge is 0.508 e. The Hall–Kier alpha value is -3.08. The second-order valence-corrected chi connectivity index (χ2v) is 6.01. The predicted molar refractivity (Wildman–Crippen MR) is 96.1 cm³/mol. The molecule has 3 aromatic rings. The molecule has 0 saturated carbocycles. The summed E-state index contributed by atoms with van der Waals surface area (Å²) in [4.78, 5) is 18.5. The maximum Gasteiger partial charge on any atom is 0.227 e. The molecule has 3 rings (SSSR count). The van der Waals surface area contributed by atoms with Crippen LogP contribution in [-0.4, -0.2) is 32.5 Å². The molecule has 128 valence electrons. The quantitative estimate of drug-likeness (QED) is 0.753. The molecule has 0 aliphatic heterocycles. The van der Waals surface area contributed by atoms with E-state index in [-0.39, 0.29) is 18.1 Å². The van der Waals surface area contributed by atoms with Gasteiger partial charge in [0.2, 0.25) is 5.91 Å². The highest BCUT2D eigenvalue weighted by Crippen LogP contribution is 2.17. The van der Waals surface area contributed by atoms with E-state index < -0.39 is 0 Å². The third-order valence-electron chi connectivity index (χ3n) is 4.14. The van der Waals surface area contributed by atoms with Gasteiger partial charge < -0.3 is 14.6 Å². The number of phenols is 1. The van der Waals surface area contributed by atoms with Gasteiger partial charge in [-0.3, -0.25) is 4.79 Å². The van der Waals surface area contributed by atoms with E-state index in [0.717, 1.165) is 12.4 Å². The molecular weight excluding hydrogens is 314 g/mol. The van der Waals surface area contributed by atoms with Gasteiger partial charge in [-0.25, -0.2) is 4.98 Å². The first kappa shape index (κ1) is 16.8. The lowest BCUT2D eigenvalue weighted by Crippen LogP contribution is -2.29. The standard InChI is InChI=1S/C20H21N3O2/c1-22(20(25)13-17-9-5-6-10-18(17)24)15-19-21-11-12-23(19)14-16-7-3-2-4-8-16/h2-12,24H,13-15H2,1H3. The van der Waals surface area contributed by atoms with Crippen molar-refractivity contribution in [2.75, 3.05) is 7.05 Å². The molecule has 0 atom stereocenters. The van der Waals surface area contributed by atoms with Crippen LogP contribution in [0.2, 0.25) is 0 Å². The molecule has 5 nitrogen and oxygen atoms in total. The highest BCUT2D eigenvalue weighted by Gasteiger charge is 2.14. The fraction of sp³-hybridized carbons (Fsp3) is 0.200. The molecule has 1 aromatic heterocycles. The Morgan fingerprint density at radius 1 is 1.12 bits per heavy atom. The Labute approximate surface area is 147 Å². The number of nitrogens with zero attached hydrogens (tertiary/aromatic N) is 3. The van der Waals surface area contributed by atoms with Crippen molar-refractivity contribution < 1.29 is 9.90 Å². The molecule has 1 heterocycles. The van der Waals surface area contributed by atoms with E-state index in [1.54, 1.807) is 36.3 Å². The number of imidazole rings is 1. The number of likely N-dealkylation sites (N-methyl/N-ethyl adjacent to an activating group) is 1. The van der Waals surface area contributed by atoms with Crippen molar-refractivity contribution in [1.82, 2.24) is 14.5 Å². The Bertz CT molecular complexity index is 843. The van der Waals surface area contributed by atoms with E-state index in [1.807, 2.05) is 35.0 Å². The van der Waals surface area contributed by atoms with Crippen LogP contribution in [0.15, 0.2) is 67.0 Å². The summed E-state index contributed by atoms with van der Waals surface area (Å²) in [6.07, 6.45) is 3.84. The van der Waals surface area contributed by atoms with Gasteiger partial charge in [0.1, 0.15) is 11.6 Å². The first-order valence-electron chi connectivity index (χ1n) is 8.18. The summed E-state index contributed by atoms with van der Waals surface area (Å²) < 4.78 is 2.04. The minimum Gasteiger partial charge on any atom is -0.508 e. The van der Waals surface area contributed by atoms with Crippen molar-refractivity contribution in [3.8, 4) is 5.75 Å². The number of rotatable bonds is 6. The van der Waals surface area contributed by atoms with Crippen molar-refractivity contribution in [2.45, 2.75) is 19.5 Å². The first-order valence-corrected chi connectivity index (χ1v) is 8.18. The van der Waals surface area contributed by atoms with E-state index >= 15 is 0 Å². The Balaban J connectivity index is 1.65. The van der Waals surface area contributed by atoms with Crippen LogP contribution >= 0.6 is 0 Å². The Morgan fingerprint density at radius 2 is 1.84 bits per heavy atom. The highest BCUT2D eigenvalue weighted by molar-refractivity contribution is 5.79. The summed E-state index contributed by atoms with van der Waals surface area (Å²) in [5.41, 5.74) is 1.82. The third kappa shape index (κ3) is 4.26. The van der Waals surface area contributed by atoms with Gasteiger partial charge in [0.05, 0.1) is 13.0 Å². The minimum absolute atomic E-state index is 0.0595. The zero-order valence-electron chi connectivity index (χ0n) is 14.2. The molecule has 0 radical (unpaired) electrons. The van der Waals surface area contributed by atoms with Gasteiger partial charge in [0.25, 0.3) is 0 Å². The lowest BCUT2D eigenvalue weighted by atomic mass is 10.1. The lowest BCUT2D eigenvalue weighted by Gasteiger charge is -2.18. The van der Waals surface area contributed by atoms with E-state index in [9.17, 15) is 9.90 Å². The fourth-order valence-corrected chi connectivity index (χ4v) is 2.67. The monoisotopic (exact) mass is 335 g/mol. The smallest absolute Gasteiger partial charge is 0.227 e. The molecule has 0 aliphatic carbocycles. The summed E-state index contributed by atoms with van der Waals surface area (Å²) in [6.45, 7) is 1.14. The molecule has 0 saturated heterocycles. The number of carbonyl (C=O) groups is 1. The SMILES string of the molecule is CN(Cc1nccn1Cc1ccccc1)C(=O)Cc1ccccc1O. The molecular formula is C20H21N3O2. The van der Waals surface area contributed by atoms with Crippen molar-refractivity contribution >= 4 is 5.91 Å². The van der Waals surface area contributed by atoms with Crippen LogP contribution in [0.3, 0.4) is 0 Å². The molecule has 25 heavy (non-hydrogen) atoms. The topological polar surface area (TPSA) is 58.4 Å². The van der Waals surface area contributed by atoms with Crippen LogP contribution in [-0.2, 0) is 24.3 Å². The molecule has 0 bridgehead atoms. The van der Waals surface area contributed by atoms with Crippen LogP contribution in [0.1, 0.15) is 17.0 Å². The normalized spacial score (nSPS) is 10.6. The number of phenolic OH excluding ortho intramolecular Hbond substituents is 1. The first-order chi connectivity index (χ1) is 12.1. The zero-order valence-corrected chi connectivity index (χ0v) is 14.2. The third-order valence-corrected chi connectivity index (χ3v) is 4.14. The van der Waals surface area contributed by atoms with Gasteiger partial charge in [-0.15, -0.1) is 0 Å². The summed E-state index contributed by atoms with van der Waals surface area (Å²) >= 11 is 0. The molecule has 0 unspecified atom stereocenters. The van der Waals surface area contributed by atoms with Gasteiger partial charge in [0, 0.05) is 31.5 Å². The molecule has 5 heteroatoms. The lowest BCUT2D eigenvalue weighted by molar-refractivity contribution is -0.129. The predicted octanol–water partition coefficient (Wildman–Crippen LogP) is 2.84. The number of hydrogen-bond donors (Lipinski definition) is 1. The molecule has 0 fully saturated rings. The second-order valence-electron chi connectivity index (χ2n) is 6.01. The van der Waals surface area contributed by atoms with Crippen LogP contribution in [0.25, 0.3) is 0 Å². The van der Waals surface area contributed by atoms with E-state index in [0.29, 0.717) is 12.1 Å². The van der Waals surface area contributed by atoms with Crippen LogP contribution in [0.5, 0.6) is 5.75 Å². The van der Waals surface area contributed by atoms with Gasteiger partial charge in [-0.05, 0) is 11.6 Å². The summed E-state index contributed by atoms with van der Waals surface area (Å²) in [5, 5.41) is 9.82.